The van der Waals surface area contributed by atoms with E-state index < -0.39 is 5.97 Å². The lowest BCUT2D eigenvalue weighted by molar-refractivity contribution is 0.0659. The van der Waals surface area contributed by atoms with Gasteiger partial charge in [0.15, 0.2) is 5.75 Å². The van der Waals surface area contributed by atoms with Gasteiger partial charge in [-0.1, -0.05) is 24.8 Å². The molecule has 0 bridgehead atoms. The maximum Gasteiger partial charge on any atom is 0.375 e. The molecule has 0 amide bonds. The highest BCUT2D eigenvalue weighted by molar-refractivity contribution is 5.98. The highest BCUT2D eigenvalue weighted by Gasteiger charge is 2.21. The average molecular weight is 232 g/mol. The van der Waals surface area contributed by atoms with Crippen LogP contribution in [0.25, 0.3) is 11.0 Å². The summed E-state index contributed by atoms with van der Waals surface area (Å²) in [6, 6.07) is 5.46. The van der Waals surface area contributed by atoms with Gasteiger partial charge in [-0.15, -0.1) is 0 Å². The number of ether oxygens (including phenoxy) is 1. The van der Waals surface area contributed by atoms with Crippen molar-refractivity contribution < 1.29 is 19.1 Å². The fraction of sp³-hybridized carbons (Fsp3) is 0.154. The Kier molecular flexibility index (Phi) is 2.87. The van der Waals surface area contributed by atoms with E-state index in [1.807, 2.05) is 19.1 Å². The van der Waals surface area contributed by atoms with Gasteiger partial charge in [0.1, 0.15) is 12.2 Å². The molecule has 0 radical (unpaired) electrons. The molecule has 1 aromatic heterocycles. The lowest BCUT2D eigenvalue weighted by Crippen LogP contribution is -2.00. The second kappa shape index (κ2) is 4.33. The number of carbonyl (C=O) groups is 1. The number of aryl methyl sites for hydroxylation is 1. The van der Waals surface area contributed by atoms with Crippen molar-refractivity contribution >= 4 is 16.9 Å². The smallest absolute Gasteiger partial charge is 0.375 e. The lowest BCUT2D eigenvalue weighted by atomic mass is 10.1. The van der Waals surface area contributed by atoms with E-state index >= 15 is 0 Å². The standard InChI is InChI=1S/C13H12O4/c1-3-7-16-11-9-6-4-5-8(2)10(9)17-12(11)13(14)15/h3-6H,1,7H2,2H3,(H,14,15). The third-order valence-corrected chi connectivity index (χ3v) is 2.41. The van der Waals surface area contributed by atoms with Gasteiger partial charge in [-0.25, -0.2) is 4.79 Å². The summed E-state index contributed by atoms with van der Waals surface area (Å²) < 4.78 is 10.7. The summed E-state index contributed by atoms with van der Waals surface area (Å²) >= 11 is 0. The number of carboxylic acid groups (broad SMARTS) is 1. The SMILES string of the molecule is C=CCOc1c(C(=O)O)oc2c(C)cccc12. The Morgan fingerprint density at radius 3 is 3.00 bits per heavy atom. The van der Waals surface area contributed by atoms with E-state index in [-0.39, 0.29) is 18.1 Å². The van der Waals surface area contributed by atoms with Crippen molar-refractivity contribution in [2.75, 3.05) is 6.61 Å². The highest BCUT2D eigenvalue weighted by atomic mass is 16.5. The minimum atomic E-state index is -1.14. The third kappa shape index (κ3) is 1.89. The monoisotopic (exact) mass is 232 g/mol. The zero-order valence-electron chi connectivity index (χ0n) is 9.40. The average Bonchev–Trinajstić information content (AvgIpc) is 2.67. The van der Waals surface area contributed by atoms with Crippen LogP contribution >= 0.6 is 0 Å². The molecule has 0 fully saturated rings. The molecule has 4 nitrogen and oxygen atoms in total. The molecule has 4 heteroatoms. The maximum absolute atomic E-state index is 11.1. The van der Waals surface area contributed by atoms with E-state index in [1.54, 1.807) is 12.1 Å². The third-order valence-electron chi connectivity index (χ3n) is 2.41. The fourth-order valence-corrected chi connectivity index (χ4v) is 1.66. The molecule has 0 unspecified atom stereocenters. The van der Waals surface area contributed by atoms with Gasteiger partial charge in [-0.3, -0.25) is 0 Å². The summed E-state index contributed by atoms with van der Waals surface area (Å²) in [6.07, 6.45) is 1.56. The fourth-order valence-electron chi connectivity index (χ4n) is 1.66. The van der Waals surface area contributed by atoms with Gasteiger partial charge in [-0.2, -0.15) is 0 Å². The number of hydrogen-bond donors (Lipinski definition) is 1. The van der Waals surface area contributed by atoms with Crippen molar-refractivity contribution in [2.45, 2.75) is 6.92 Å². The number of carboxylic acids is 1. The largest absolute Gasteiger partial charge is 0.485 e. The van der Waals surface area contributed by atoms with Crippen LogP contribution in [0.2, 0.25) is 0 Å². The predicted octanol–water partition coefficient (Wildman–Crippen LogP) is 3.00. The number of hydrogen-bond acceptors (Lipinski definition) is 3. The van der Waals surface area contributed by atoms with Gasteiger partial charge < -0.3 is 14.3 Å². The van der Waals surface area contributed by atoms with Crippen molar-refractivity contribution in [1.29, 1.82) is 0 Å². The van der Waals surface area contributed by atoms with Crippen LogP contribution in [0.1, 0.15) is 16.1 Å². The van der Waals surface area contributed by atoms with E-state index in [4.69, 9.17) is 14.3 Å². The summed E-state index contributed by atoms with van der Waals surface area (Å²) in [5.74, 6) is -1.05. The Morgan fingerprint density at radius 1 is 1.59 bits per heavy atom. The van der Waals surface area contributed by atoms with Gasteiger partial charge in [-0.05, 0) is 18.6 Å². The maximum atomic E-state index is 11.1. The molecule has 0 atom stereocenters. The number of rotatable bonds is 4. The zero-order chi connectivity index (χ0) is 12.4. The van der Waals surface area contributed by atoms with Crippen molar-refractivity contribution in [3.05, 3.63) is 42.2 Å². The molecular formula is C13H12O4. The summed E-state index contributed by atoms with van der Waals surface area (Å²) in [4.78, 5) is 11.1. The quantitative estimate of drug-likeness (QED) is 0.823. The van der Waals surface area contributed by atoms with Gasteiger partial charge in [0.25, 0.3) is 5.76 Å². The zero-order valence-corrected chi connectivity index (χ0v) is 9.40. The highest BCUT2D eigenvalue weighted by Crippen LogP contribution is 2.34. The van der Waals surface area contributed by atoms with Crippen LogP contribution in [-0.2, 0) is 0 Å². The molecular weight excluding hydrogens is 220 g/mol. The Balaban J connectivity index is 2.66. The number of aromatic carboxylic acids is 1. The van der Waals surface area contributed by atoms with Crippen LogP contribution in [0.5, 0.6) is 5.75 Å². The first-order chi connectivity index (χ1) is 8.15. The van der Waals surface area contributed by atoms with Crippen LogP contribution in [0.4, 0.5) is 0 Å². The molecule has 1 N–H and O–H groups in total. The summed E-state index contributed by atoms with van der Waals surface area (Å²) in [6.45, 7) is 5.62. The number of furan rings is 1. The minimum Gasteiger partial charge on any atom is -0.485 e. The van der Waals surface area contributed by atoms with Gasteiger partial charge in [0.05, 0.1) is 5.39 Å². The lowest BCUT2D eigenvalue weighted by Gasteiger charge is -2.01. The summed E-state index contributed by atoms with van der Waals surface area (Å²) in [5.41, 5.74) is 1.42. The van der Waals surface area contributed by atoms with Crippen LogP contribution < -0.4 is 4.74 Å². The molecule has 2 aromatic rings. The van der Waals surface area contributed by atoms with E-state index in [0.29, 0.717) is 11.0 Å². The summed E-state index contributed by atoms with van der Waals surface area (Å²) in [5, 5.41) is 9.73. The van der Waals surface area contributed by atoms with Crippen molar-refractivity contribution in [1.82, 2.24) is 0 Å². The first-order valence-corrected chi connectivity index (χ1v) is 5.14. The Labute approximate surface area is 98.1 Å². The first kappa shape index (κ1) is 11.3. The van der Waals surface area contributed by atoms with Gasteiger partial charge >= 0.3 is 5.97 Å². The second-order valence-electron chi connectivity index (χ2n) is 3.62. The van der Waals surface area contributed by atoms with E-state index in [9.17, 15) is 4.79 Å². The number of fused-ring (bicyclic) bond motifs is 1. The summed E-state index contributed by atoms with van der Waals surface area (Å²) in [7, 11) is 0. The Hall–Kier alpha value is -2.23. The van der Waals surface area contributed by atoms with Crippen LogP contribution in [0.3, 0.4) is 0 Å². The van der Waals surface area contributed by atoms with Crippen LogP contribution in [-0.4, -0.2) is 17.7 Å². The molecule has 2 rings (SSSR count). The molecule has 88 valence electrons. The van der Waals surface area contributed by atoms with E-state index in [0.717, 1.165) is 5.56 Å². The van der Waals surface area contributed by atoms with Gasteiger partial charge in [0.2, 0.25) is 0 Å². The Bertz CT molecular complexity index is 580. The van der Waals surface area contributed by atoms with E-state index in [1.165, 1.54) is 0 Å². The molecule has 1 heterocycles. The molecule has 0 saturated carbocycles. The van der Waals surface area contributed by atoms with Crippen LogP contribution in [0, 0.1) is 6.92 Å². The molecule has 1 aromatic carbocycles. The van der Waals surface area contributed by atoms with Gasteiger partial charge in [0, 0.05) is 0 Å². The molecule has 0 spiro atoms. The van der Waals surface area contributed by atoms with Crippen molar-refractivity contribution in [3.63, 3.8) is 0 Å². The Morgan fingerprint density at radius 2 is 2.35 bits per heavy atom. The van der Waals surface area contributed by atoms with Crippen molar-refractivity contribution in [2.24, 2.45) is 0 Å². The molecule has 0 saturated heterocycles. The molecule has 0 aliphatic heterocycles. The molecule has 17 heavy (non-hydrogen) atoms. The minimum absolute atomic E-state index is 0.170. The molecule has 0 aliphatic rings. The van der Waals surface area contributed by atoms with Crippen LogP contribution in [0.15, 0.2) is 35.3 Å². The number of benzene rings is 1. The topological polar surface area (TPSA) is 59.7 Å². The number of para-hydroxylation sites is 1. The van der Waals surface area contributed by atoms with Crippen molar-refractivity contribution in [3.8, 4) is 5.75 Å². The second-order valence-corrected chi connectivity index (χ2v) is 3.62. The van der Waals surface area contributed by atoms with E-state index in [2.05, 4.69) is 6.58 Å². The predicted molar refractivity (Wildman–Crippen MR) is 63.6 cm³/mol. The molecule has 0 aliphatic carbocycles. The normalized spacial score (nSPS) is 10.4. The first-order valence-electron chi connectivity index (χ1n) is 5.14.